The second-order valence-corrected chi connectivity index (χ2v) is 4.45. The second-order valence-electron chi connectivity index (χ2n) is 4.45. The van der Waals surface area contributed by atoms with E-state index in [4.69, 9.17) is 9.47 Å². The summed E-state index contributed by atoms with van der Waals surface area (Å²) in [5.41, 5.74) is 1.44. The third-order valence-electron chi connectivity index (χ3n) is 3.26. The Hall–Kier alpha value is -2.49. The molecule has 2 aromatic carbocycles. The van der Waals surface area contributed by atoms with Crippen LogP contribution in [0.1, 0.15) is 17.3 Å². The number of carbonyl (C=O) groups is 1. The van der Waals surface area contributed by atoms with Gasteiger partial charge >= 0.3 is 0 Å². The van der Waals surface area contributed by atoms with E-state index in [0.717, 1.165) is 5.69 Å². The molecular weight excluding hydrogens is 266 g/mol. The molecule has 0 spiro atoms. The van der Waals surface area contributed by atoms with E-state index >= 15 is 0 Å². The summed E-state index contributed by atoms with van der Waals surface area (Å²) < 4.78 is 10.4. The van der Waals surface area contributed by atoms with Gasteiger partial charge in [0, 0.05) is 17.8 Å². The monoisotopic (exact) mass is 285 g/mol. The minimum Gasteiger partial charge on any atom is -0.493 e. The van der Waals surface area contributed by atoms with Crippen molar-refractivity contribution in [1.29, 1.82) is 0 Å². The molecule has 4 nitrogen and oxygen atoms in total. The zero-order valence-corrected chi connectivity index (χ0v) is 12.5. The quantitative estimate of drug-likeness (QED) is 0.845. The van der Waals surface area contributed by atoms with E-state index in [1.54, 1.807) is 37.3 Å². The number of benzene rings is 2. The van der Waals surface area contributed by atoms with Gasteiger partial charge in [0.25, 0.3) is 5.91 Å². The molecule has 0 aliphatic carbocycles. The fraction of sp³-hybridized carbons (Fsp3) is 0.235. The van der Waals surface area contributed by atoms with Crippen LogP contribution in [0.15, 0.2) is 48.5 Å². The Bertz CT molecular complexity index is 611. The molecule has 0 radical (unpaired) electrons. The van der Waals surface area contributed by atoms with Crippen molar-refractivity contribution in [3.05, 3.63) is 54.1 Å². The molecule has 0 fully saturated rings. The Balaban J connectivity index is 2.34. The molecule has 0 N–H and O–H groups in total. The molecule has 4 heteroatoms. The van der Waals surface area contributed by atoms with Crippen LogP contribution >= 0.6 is 0 Å². The number of hydrogen-bond acceptors (Lipinski definition) is 3. The fourth-order valence-electron chi connectivity index (χ4n) is 2.18. The highest BCUT2D eigenvalue weighted by molar-refractivity contribution is 6.06. The number of para-hydroxylation sites is 1. The van der Waals surface area contributed by atoms with E-state index < -0.39 is 0 Å². The van der Waals surface area contributed by atoms with Crippen molar-refractivity contribution >= 4 is 11.6 Å². The van der Waals surface area contributed by atoms with Crippen LogP contribution in [0, 0.1) is 0 Å². The lowest BCUT2D eigenvalue weighted by molar-refractivity contribution is 0.0988. The molecule has 0 bridgehead atoms. The van der Waals surface area contributed by atoms with Crippen molar-refractivity contribution in [3.8, 4) is 11.5 Å². The molecule has 2 aromatic rings. The molecule has 0 saturated heterocycles. The average molecular weight is 285 g/mol. The first-order chi connectivity index (χ1) is 10.2. The maximum absolute atomic E-state index is 12.7. The van der Waals surface area contributed by atoms with Gasteiger partial charge in [0.1, 0.15) is 0 Å². The van der Waals surface area contributed by atoms with Crippen molar-refractivity contribution in [3.63, 3.8) is 0 Å². The smallest absolute Gasteiger partial charge is 0.258 e. The molecule has 110 valence electrons. The van der Waals surface area contributed by atoms with Crippen LogP contribution in [0.4, 0.5) is 5.69 Å². The summed E-state index contributed by atoms with van der Waals surface area (Å²) in [6, 6.07) is 14.8. The summed E-state index contributed by atoms with van der Waals surface area (Å²) in [6.45, 7) is 2.54. The zero-order chi connectivity index (χ0) is 15.2. The third kappa shape index (κ3) is 3.16. The molecule has 2 rings (SSSR count). The van der Waals surface area contributed by atoms with Gasteiger partial charge in [-0.3, -0.25) is 4.79 Å². The highest BCUT2D eigenvalue weighted by atomic mass is 16.5. The van der Waals surface area contributed by atoms with Gasteiger partial charge in [0.15, 0.2) is 11.5 Å². The summed E-state index contributed by atoms with van der Waals surface area (Å²) >= 11 is 0. The van der Waals surface area contributed by atoms with Crippen molar-refractivity contribution in [2.75, 3.05) is 25.7 Å². The van der Waals surface area contributed by atoms with Crippen molar-refractivity contribution < 1.29 is 14.3 Å². The molecule has 0 unspecified atom stereocenters. The molecule has 1 amide bonds. The largest absolute Gasteiger partial charge is 0.493 e. The van der Waals surface area contributed by atoms with Gasteiger partial charge < -0.3 is 14.4 Å². The third-order valence-corrected chi connectivity index (χ3v) is 3.26. The van der Waals surface area contributed by atoms with Crippen molar-refractivity contribution in [1.82, 2.24) is 0 Å². The van der Waals surface area contributed by atoms with Crippen LogP contribution in [0.3, 0.4) is 0 Å². The number of ether oxygens (including phenoxy) is 2. The van der Waals surface area contributed by atoms with Gasteiger partial charge in [-0.1, -0.05) is 18.2 Å². The van der Waals surface area contributed by atoms with Crippen LogP contribution in [-0.4, -0.2) is 26.7 Å². The summed E-state index contributed by atoms with van der Waals surface area (Å²) in [4.78, 5) is 14.4. The van der Waals surface area contributed by atoms with Gasteiger partial charge in [-0.2, -0.15) is 0 Å². The van der Waals surface area contributed by atoms with Crippen LogP contribution in [-0.2, 0) is 0 Å². The maximum Gasteiger partial charge on any atom is 0.258 e. The lowest BCUT2D eigenvalue weighted by Crippen LogP contribution is -2.30. The van der Waals surface area contributed by atoms with Crippen LogP contribution in [0.2, 0.25) is 0 Å². The molecule has 0 saturated carbocycles. The minimum absolute atomic E-state index is 0.0651. The van der Waals surface area contributed by atoms with Crippen molar-refractivity contribution in [2.24, 2.45) is 0 Å². The lowest BCUT2D eigenvalue weighted by atomic mass is 10.1. The average Bonchev–Trinajstić information content (AvgIpc) is 2.55. The Kier molecular flexibility index (Phi) is 4.82. The normalized spacial score (nSPS) is 10.0. The van der Waals surface area contributed by atoms with E-state index in [2.05, 4.69) is 0 Å². The topological polar surface area (TPSA) is 38.8 Å². The van der Waals surface area contributed by atoms with E-state index in [-0.39, 0.29) is 5.91 Å². The summed E-state index contributed by atoms with van der Waals surface area (Å²) in [5.74, 6) is 1.09. The number of carbonyl (C=O) groups excluding carboxylic acids is 1. The fourth-order valence-corrected chi connectivity index (χ4v) is 2.18. The first-order valence-electron chi connectivity index (χ1n) is 6.80. The minimum atomic E-state index is -0.0651. The van der Waals surface area contributed by atoms with E-state index in [1.807, 2.05) is 37.3 Å². The maximum atomic E-state index is 12.7. The predicted octanol–water partition coefficient (Wildman–Crippen LogP) is 3.37. The van der Waals surface area contributed by atoms with E-state index in [1.165, 1.54) is 0 Å². The summed E-state index contributed by atoms with van der Waals surface area (Å²) in [7, 11) is 3.13. The number of hydrogen-bond donors (Lipinski definition) is 0. The molecule has 0 atom stereocenters. The first-order valence-corrected chi connectivity index (χ1v) is 6.80. The Morgan fingerprint density at radius 2 is 1.67 bits per heavy atom. The Morgan fingerprint density at radius 3 is 2.24 bits per heavy atom. The molecule has 0 aliphatic heterocycles. The standard InChI is InChI=1S/C17H19NO3/c1-4-18(14-8-6-5-7-9-14)17(19)13-10-11-15(20-2)16(12-13)21-3/h5-12H,4H2,1-3H3. The molecule has 0 aromatic heterocycles. The van der Waals surface area contributed by atoms with Gasteiger partial charge in [0.2, 0.25) is 0 Å². The number of methoxy groups -OCH3 is 2. The molecular formula is C17H19NO3. The van der Waals surface area contributed by atoms with Crippen LogP contribution in [0.5, 0.6) is 11.5 Å². The Labute approximate surface area is 124 Å². The van der Waals surface area contributed by atoms with Crippen LogP contribution in [0.25, 0.3) is 0 Å². The number of anilines is 1. The number of amides is 1. The summed E-state index contributed by atoms with van der Waals surface area (Å²) in [5, 5.41) is 0. The molecule has 0 heterocycles. The predicted molar refractivity (Wildman–Crippen MR) is 83.3 cm³/mol. The number of nitrogens with zero attached hydrogens (tertiary/aromatic N) is 1. The van der Waals surface area contributed by atoms with E-state index in [9.17, 15) is 4.79 Å². The SMILES string of the molecule is CCN(C(=O)c1ccc(OC)c(OC)c1)c1ccccc1. The highest BCUT2D eigenvalue weighted by Gasteiger charge is 2.17. The molecule has 21 heavy (non-hydrogen) atoms. The van der Waals surface area contributed by atoms with Crippen molar-refractivity contribution in [2.45, 2.75) is 6.92 Å². The Morgan fingerprint density at radius 1 is 1.00 bits per heavy atom. The zero-order valence-electron chi connectivity index (χ0n) is 12.5. The van der Waals surface area contributed by atoms with Gasteiger partial charge in [-0.15, -0.1) is 0 Å². The van der Waals surface area contributed by atoms with Gasteiger partial charge in [0.05, 0.1) is 14.2 Å². The second kappa shape index (κ2) is 6.79. The number of rotatable bonds is 5. The van der Waals surface area contributed by atoms with Crippen LogP contribution < -0.4 is 14.4 Å². The van der Waals surface area contributed by atoms with E-state index in [0.29, 0.717) is 23.6 Å². The molecule has 0 aliphatic rings. The highest BCUT2D eigenvalue weighted by Crippen LogP contribution is 2.28. The first kappa shape index (κ1) is 14.9. The lowest BCUT2D eigenvalue weighted by Gasteiger charge is -2.21. The van der Waals surface area contributed by atoms with Gasteiger partial charge in [-0.25, -0.2) is 0 Å². The van der Waals surface area contributed by atoms with Gasteiger partial charge in [-0.05, 0) is 37.3 Å². The summed E-state index contributed by atoms with van der Waals surface area (Å²) in [6.07, 6.45) is 0.